The molecule has 1 aliphatic carbocycles. The summed E-state index contributed by atoms with van der Waals surface area (Å²) in [6.45, 7) is 3.13. The number of piperidine rings is 1. The summed E-state index contributed by atoms with van der Waals surface area (Å²) in [5, 5.41) is 7.16. The number of hydrogen-bond acceptors (Lipinski definition) is 5. The van der Waals surface area contributed by atoms with Crippen LogP contribution in [0, 0.1) is 5.92 Å². The van der Waals surface area contributed by atoms with Crippen LogP contribution in [0.3, 0.4) is 0 Å². The highest BCUT2D eigenvalue weighted by Crippen LogP contribution is 2.23. The van der Waals surface area contributed by atoms with E-state index in [9.17, 15) is 9.59 Å². The third kappa shape index (κ3) is 9.28. The van der Waals surface area contributed by atoms with Gasteiger partial charge in [0.2, 0.25) is 0 Å². The minimum atomic E-state index is -0.247. The van der Waals surface area contributed by atoms with E-state index in [-0.39, 0.29) is 24.5 Å². The van der Waals surface area contributed by atoms with Crippen LogP contribution >= 0.6 is 0 Å². The van der Waals surface area contributed by atoms with Crippen molar-refractivity contribution in [2.24, 2.45) is 11.0 Å². The summed E-state index contributed by atoms with van der Waals surface area (Å²) in [5.74, 6) is 1.04. The zero-order chi connectivity index (χ0) is 29.0. The number of carbonyl (C=O) groups is 2. The highest BCUT2D eigenvalue weighted by Gasteiger charge is 2.20. The van der Waals surface area contributed by atoms with Gasteiger partial charge >= 0.3 is 0 Å². The highest BCUT2D eigenvalue weighted by molar-refractivity contribution is 5.94. The summed E-state index contributed by atoms with van der Waals surface area (Å²) in [7, 11) is 0. The van der Waals surface area contributed by atoms with Crippen molar-refractivity contribution in [1.29, 1.82) is 0 Å². The van der Waals surface area contributed by atoms with Crippen molar-refractivity contribution >= 4 is 18.0 Å². The predicted molar refractivity (Wildman–Crippen MR) is 167 cm³/mol. The molecule has 7 nitrogen and oxygen atoms in total. The molecule has 7 heteroatoms. The first-order valence-electron chi connectivity index (χ1n) is 15.3. The Morgan fingerprint density at radius 3 is 2.26 bits per heavy atom. The van der Waals surface area contributed by atoms with Crippen LogP contribution < -0.4 is 15.5 Å². The Bertz CT molecular complexity index is 1290. The predicted octanol–water partition coefficient (Wildman–Crippen LogP) is 5.73. The number of nitrogens with zero attached hydrogens (tertiary/aromatic N) is 2. The molecule has 220 valence electrons. The Hall–Kier alpha value is -3.97. The van der Waals surface area contributed by atoms with Crippen LogP contribution in [-0.2, 0) is 17.8 Å². The molecular formula is C35H42N4O3. The van der Waals surface area contributed by atoms with E-state index in [4.69, 9.17) is 4.74 Å². The number of nitrogens with one attached hydrogen (secondary N) is 2. The minimum absolute atomic E-state index is 0.00599. The number of rotatable bonds is 11. The van der Waals surface area contributed by atoms with Crippen molar-refractivity contribution in [1.82, 2.24) is 15.6 Å². The van der Waals surface area contributed by atoms with E-state index in [0.29, 0.717) is 11.3 Å². The van der Waals surface area contributed by atoms with Crippen LogP contribution in [0.5, 0.6) is 5.75 Å². The van der Waals surface area contributed by atoms with E-state index >= 15 is 0 Å². The third-order valence-corrected chi connectivity index (χ3v) is 8.30. The van der Waals surface area contributed by atoms with Crippen LogP contribution in [0.15, 0.2) is 84.0 Å². The van der Waals surface area contributed by atoms with E-state index in [2.05, 4.69) is 51.1 Å². The number of ether oxygens (including phenoxy) is 1. The molecule has 2 N–H and O–H groups in total. The molecule has 2 aliphatic rings. The van der Waals surface area contributed by atoms with Gasteiger partial charge in [0.1, 0.15) is 5.75 Å². The zero-order valence-electron chi connectivity index (χ0n) is 24.3. The number of carbonyl (C=O) groups excluding carboxylic acids is 2. The molecule has 2 amide bonds. The third-order valence-electron chi connectivity index (χ3n) is 8.30. The maximum Gasteiger partial charge on any atom is 0.271 e. The summed E-state index contributed by atoms with van der Waals surface area (Å²) in [6, 6.07) is 26.1. The van der Waals surface area contributed by atoms with Gasteiger partial charge < -0.3 is 10.1 Å². The Morgan fingerprint density at radius 2 is 1.55 bits per heavy atom. The Kier molecular flexibility index (Phi) is 10.8. The van der Waals surface area contributed by atoms with Gasteiger partial charge in [-0.15, -0.1) is 0 Å². The van der Waals surface area contributed by atoms with Crippen molar-refractivity contribution in [3.63, 3.8) is 0 Å². The van der Waals surface area contributed by atoms with E-state index in [1.165, 1.54) is 49.7 Å². The molecule has 0 unspecified atom stereocenters. The molecule has 1 saturated carbocycles. The molecule has 1 heterocycles. The second-order valence-corrected chi connectivity index (χ2v) is 11.6. The lowest BCUT2D eigenvalue weighted by Gasteiger charge is -2.32. The van der Waals surface area contributed by atoms with Gasteiger partial charge in [0.15, 0.2) is 6.61 Å². The second-order valence-electron chi connectivity index (χ2n) is 11.6. The maximum absolute atomic E-state index is 12.6. The molecule has 0 aromatic heterocycles. The lowest BCUT2D eigenvalue weighted by atomic mass is 9.90. The fraction of sp³-hybridized carbons (Fsp3) is 0.400. The molecule has 0 atom stereocenters. The van der Waals surface area contributed by atoms with Crippen molar-refractivity contribution in [3.05, 3.63) is 101 Å². The average Bonchev–Trinajstić information content (AvgIpc) is 3.03. The number of amides is 2. The standard InChI is InChI=1S/C35H42N4O3/c40-34(37-32-9-5-2-6-10-32)26-42-33-17-13-29(14-18-33)24-36-38-35(41)31-15-11-30(12-16-31)25-39-21-19-28(20-22-39)23-27-7-3-1-4-8-27/h1,3-4,7-8,11-18,24,28,32H,2,5-6,9-10,19-23,25-26H2,(H,37,40)(H,38,41)/b36-24-. The molecule has 5 rings (SSSR count). The molecule has 1 aliphatic heterocycles. The van der Waals surface area contributed by atoms with E-state index in [1.54, 1.807) is 18.3 Å². The van der Waals surface area contributed by atoms with Gasteiger partial charge in [-0.2, -0.15) is 5.10 Å². The lowest BCUT2D eigenvalue weighted by molar-refractivity contribution is -0.124. The summed E-state index contributed by atoms with van der Waals surface area (Å²) in [6.07, 6.45) is 10.9. The van der Waals surface area contributed by atoms with Gasteiger partial charge in [0.05, 0.1) is 6.21 Å². The average molecular weight is 567 g/mol. The van der Waals surface area contributed by atoms with Gasteiger partial charge in [0.25, 0.3) is 11.8 Å². The monoisotopic (exact) mass is 566 g/mol. The first kappa shape index (κ1) is 29.5. The van der Waals surface area contributed by atoms with Gasteiger partial charge in [-0.25, -0.2) is 5.43 Å². The van der Waals surface area contributed by atoms with E-state index in [1.807, 2.05) is 36.4 Å². The Morgan fingerprint density at radius 1 is 0.833 bits per heavy atom. The van der Waals surface area contributed by atoms with Gasteiger partial charge in [0, 0.05) is 18.2 Å². The first-order valence-corrected chi connectivity index (χ1v) is 15.3. The SMILES string of the molecule is O=C(COc1ccc(/C=N\NC(=O)c2ccc(CN3CCC(Cc4ccccc4)CC3)cc2)cc1)NC1CCCCC1. The first-order chi connectivity index (χ1) is 20.6. The van der Waals surface area contributed by atoms with Crippen LogP contribution in [-0.4, -0.2) is 48.7 Å². The molecule has 1 saturated heterocycles. The quantitative estimate of drug-likeness (QED) is 0.229. The van der Waals surface area contributed by atoms with Crippen LogP contribution in [0.4, 0.5) is 0 Å². The smallest absolute Gasteiger partial charge is 0.271 e. The minimum Gasteiger partial charge on any atom is -0.484 e. The summed E-state index contributed by atoms with van der Waals surface area (Å²) in [5.41, 5.74) is 6.64. The largest absolute Gasteiger partial charge is 0.484 e. The molecule has 0 spiro atoms. The summed E-state index contributed by atoms with van der Waals surface area (Å²) < 4.78 is 5.62. The van der Waals surface area contributed by atoms with Gasteiger partial charge in [-0.1, -0.05) is 61.7 Å². The van der Waals surface area contributed by atoms with E-state index < -0.39 is 0 Å². The number of hydrogen-bond donors (Lipinski definition) is 2. The van der Waals surface area contributed by atoms with Crippen molar-refractivity contribution in [3.8, 4) is 5.75 Å². The lowest BCUT2D eigenvalue weighted by Crippen LogP contribution is -2.38. The Labute approximate surface area is 249 Å². The van der Waals surface area contributed by atoms with Gasteiger partial charge in [-0.3, -0.25) is 14.5 Å². The number of benzene rings is 3. The fourth-order valence-corrected chi connectivity index (χ4v) is 5.86. The summed E-state index contributed by atoms with van der Waals surface area (Å²) in [4.78, 5) is 27.2. The fourth-order valence-electron chi connectivity index (χ4n) is 5.86. The highest BCUT2D eigenvalue weighted by atomic mass is 16.5. The van der Waals surface area contributed by atoms with Crippen LogP contribution in [0.1, 0.15) is 72.0 Å². The molecule has 3 aromatic rings. The number of likely N-dealkylation sites (tertiary alicyclic amines) is 1. The molecule has 0 radical (unpaired) electrons. The Balaban J connectivity index is 0.999. The molecular weight excluding hydrogens is 524 g/mol. The van der Waals surface area contributed by atoms with E-state index in [0.717, 1.165) is 44.0 Å². The van der Waals surface area contributed by atoms with Gasteiger partial charge in [-0.05, 0) is 104 Å². The van der Waals surface area contributed by atoms with Crippen molar-refractivity contribution in [2.45, 2.75) is 64.0 Å². The zero-order valence-corrected chi connectivity index (χ0v) is 24.3. The maximum atomic E-state index is 12.6. The number of hydrazone groups is 1. The topological polar surface area (TPSA) is 83.0 Å². The van der Waals surface area contributed by atoms with Crippen molar-refractivity contribution in [2.75, 3.05) is 19.7 Å². The van der Waals surface area contributed by atoms with Crippen molar-refractivity contribution < 1.29 is 14.3 Å². The molecule has 42 heavy (non-hydrogen) atoms. The van der Waals surface area contributed by atoms with Crippen LogP contribution in [0.2, 0.25) is 0 Å². The molecule has 0 bridgehead atoms. The van der Waals surface area contributed by atoms with Crippen LogP contribution in [0.25, 0.3) is 0 Å². The normalized spacial score (nSPS) is 16.8. The second kappa shape index (κ2) is 15.3. The molecule has 3 aromatic carbocycles. The molecule has 2 fully saturated rings. The summed E-state index contributed by atoms with van der Waals surface area (Å²) >= 11 is 0.